The highest BCUT2D eigenvalue weighted by Gasteiger charge is 2.22. The molecule has 1 atom stereocenters. The van der Waals surface area contributed by atoms with Gasteiger partial charge in [-0.25, -0.2) is 4.79 Å². The van der Waals surface area contributed by atoms with Crippen LogP contribution < -0.4 is 11.1 Å². The Balaban J connectivity index is 2.74. The highest BCUT2D eigenvalue weighted by Crippen LogP contribution is 2.13. The largest absolute Gasteiger partial charge is 0.469 e. The molecule has 1 aromatic rings. The summed E-state index contributed by atoms with van der Waals surface area (Å²) >= 11 is 0. The Morgan fingerprint density at radius 1 is 1.22 bits per heavy atom. The van der Waals surface area contributed by atoms with Crippen molar-refractivity contribution in [2.75, 3.05) is 25.3 Å². The van der Waals surface area contributed by atoms with Crippen molar-refractivity contribution in [3.8, 4) is 0 Å². The zero-order valence-corrected chi connectivity index (χ0v) is 10.3. The third-order valence-corrected chi connectivity index (χ3v) is 2.34. The molecular weight excluding hydrogens is 236 g/mol. The first-order valence-corrected chi connectivity index (χ1v) is 5.33. The van der Waals surface area contributed by atoms with Gasteiger partial charge < -0.3 is 20.5 Å². The van der Waals surface area contributed by atoms with E-state index in [9.17, 15) is 9.59 Å². The molecule has 0 spiro atoms. The molecule has 1 unspecified atom stereocenters. The van der Waals surface area contributed by atoms with Gasteiger partial charge in [0.1, 0.15) is 6.04 Å². The van der Waals surface area contributed by atoms with Crippen molar-refractivity contribution in [2.45, 2.75) is 12.5 Å². The van der Waals surface area contributed by atoms with E-state index in [4.69, 9.17) is 5.73 Å². The summed E-state index contributed by atoms with van der Waals surface area (Å²) in [5.74, 6) is -1.02. The van der Waals surface area contributed by atoms with E-state index in [-0.39, 0.29) is 6.42 Å². The first-order chi connectivity index (χ1) is 8.56. The van der Waals surface area contributed by atoms with Crippen molar-refractivity contribution >= 4 is 23.3 Å². The standard InChI is InChI=1S/C12H16N2O4/c1-17-11(15)7-10(12(16)18-2)14-9-5-3-8(13)4-6-9/h3-6,10,14H,7,13H2,1-2H3. The fourth-order valence-electron chi connectivity index (χ4n) is 1.37. The molecule has 98 valence electrons. The van der Waals surface area contributed by atoms with Gasteiger partial charge in [-0.3, -0.25) is 4.79 Å². The zero-order chi connectivity index (χ0) is 13.5. The number of methoxy groups -OCH3 is 2. The lowest BCUT2D eigenvalue weighted by atomic mass is 10.2. The Kier molecular flexibility index (Phi) is 4.98. The van der Waals surface area contributed by atoms with Crippen LogP contribution in [0, 0.1) is 0 Å². The third-order valence-electron chi connectivity index (χ3n) is 2.34. The van der Waals surface area contributed by atoms with Crippen LogP contribution in [-0.2, 0) is 19.1 Å². The van der Waals surface area contributed by atoms with Crippen LogP contribution in [0.2, 0.25) is 0 Å². The van der Waals surface area contributed by atoms with Gasteiger partial charge in [-0.05, 0) is 24.3 Å². The van der Waals surface area contributed by atoms with Gasteiger partial charge in [0.05, 0.1) is 20.6 Å². The predicted molar refractivity (Wildman–Crippen MR) is 66.9 cm³/mol. The van der Waals surface area contributed by atoms with Gasteiger partial charge in [0.2, 0.25) is 0 Å². The number of nitrogens with two attached hydrogens (primary N) is 1. The number of ether oxygens (including phenoxy) is 2. The van der Waals surface area contributed by atoms with Gasteiger partial charge in [0.25, 0.3) is 0 Å². The normalized spacial score (nSPS) is 11.4. The summed E-state index contributed by atoms with van der Waals surface area (Å²) in [4.78, 5) is 22.7. The monoisotopic (exact) mass is 252 g/mol. The Bertz CT molecular complexity index is 417. The molecule has 3 N–H and O–H groups in total. The fourth-order valence-corrected chi connectivity index (χ4v) is 1.37. The molecule has 0 aliphatic heterocycles. The summed E-state index contributed by atoms with van der Waals surface area (Å²) in [6.45, 7) is 0. The molecule has 0 aliphatic carbocycles. The molecule has 0 bridgehead atoms. The summed E-state index contributed by atoms with van der Waals surface area (Å²) in [6, 6.07) is 6.01. The van der Waals surface area contributed by atoms with Crippen molar-refractivity contribution in [2.24, 2.45) is 0 Å². The highest BCUT2D eigenvalue weighted by atomic mass is 16.5. The van der Waals surface area contributed by atoms with Gasteiger partial charge in [-0.2, -0.15) is 0 Å². The number of nitrogen functional groups attached to an aromatic ring is 1. The SMILES string of the molecule is COC(=O)CC(Nc1ccc(N)cc1)C(=O)OC. The Morgan fingerprint density at radius 2 is 1.83 bits per heavy atom. The molecule has 0 heterocycles. The Labute approximate surface area is 105 Å². The molecule has 0 saturated carbocycles. The van der Waals surface area contributed by atoms with E-state index in [1.807, 2.05) is 0 Å². The third kappa shape index (κ3) is 3.97. The van der Waals surface area contributed by atoms with Crippen LogP contribution in [0.5, 0.6) is 0 Å². The van der Waals surface area contributed by atoms with Gasteiger partial charge in [0, 0.05) is 11.4 Å². The van der Waals surface area contributed by atoms with Crippen molar-refractivity contribution in [1.29, 1.82) is 0 Å². The minimum absolute atomic E-state index is 0.104. The topological polar surface area (TPSA) is 90.6 Å². The predicted octanol–water partition coefficient (Wildman–Crippen LogP) is 0.785. The van der Waals surface area contributed by atoms with Gasteiger partial charge >= 0.3 is 11.9 Å². The highest BCUT2D eigenvalue weighted by molar-refractivity contribution is 5.85. The van der Waals surface area contributed by atoms with E-state index in [0.717, 1.165) is 0 Å². The minimum Gasteiger partial charge on any atom is -0.469 e. The average Bonchev–Trinajstić information content (AvgIpc) is 2.39. The van der Waals surface area contributed by atoms with Crippen molar-refractivity contribution in [3.63, 3.8) is 0 Å². The molecule has 18 heavy (non-hydrogen) atoms. The molecule has 0 aromatic heterocycles. The van der Waals surface area contributed by atoms with Crippen molar-refractivity contribution in [1.82, 2.24) is 0 Å². The summed E-state index contributed by atoms with van der Waals surface area (Å²) in [6.07, 6.45) is -0.104. The minimum atomic E-state index is -0.786. The van der Waals surface area contributed by atoms with E-state index in [0.29, 0.717) is 11.4 Å². The second-order valence-corrected chi connectivity index (χ2v) is 3.62. The second-order valence-electron chi connectivity index (χ2n) is 3.62. The summed E-state index contributed by atoms with van der Waals surface area (Å²) in [5.41, 5.74) is 6.84. The number of nitrogens with one attached hydrogen (secondary N) is 1. The van der Waals surface area contributed by atoms with E-state index in [2.05, 4.69) is 14.8 Å². The second kappa shape index (κ2) is 6.48. The Hall–Kier alpha value is -2.24. The first kappa shape index (κ1) is 13.8. The maximum absolute atomic E-state index is 11.5. The molecule has 6 nitrogen and oxygen atoms in total. The van der Waals surface area contributed by atoms with Crippen molar-refractivity contribution < 1.29 is 19.1 Å². The van der Waals surface area contributed by atoms with E-state index in [1.165, 1.54) is 14.2 Å². The van der Waals surface area contributed by atoms with Crippen LogP contribution in [0.3, 0.4) is 0 Å². The molecule has 0 fully saturated rings. The van der Waals surface area contributed by atoms with Crippen LogP contribution in [0.4, 0.5) is 11.4 Å². The lowest BCUT2D eigenvalue weighted by Gasteiger charge is -2.16. The van der Waals surface area contributed by atoms with Gasteiger partial charge in [-0.15, -0.1) is 0 Å². The zero-order valence-electron chi connectivity index (χ0n) is 10.3. The molecule has 1 rings (SSSR count). The molecule has 0 saturated heterocycles. The summed E-state index contributed by atoms with van der Waals surface area (Å²) in [7, 11) is 2.52. The maximum Gasteiger partial charge on any atom is 0.328 e. The molecular formula is C12H16N2O4. The van der Waals surface area contributed by atoms with E-state index >= 15 is 0 Å². The molecule has 0 amide bonds. The number of esters is 2. The van der Waals surface area contributed by atoms with Gasteiger partial charge in [-0.1, -0.05) is 0 Å². The van der Waals surface area contributed by atoms with E-state index in [1.54, 1.807) is 24.3 Å². The number of anilines is 2. The molecule has 6 heteroatoms. The fraction of sp³-hybridized carbons (Fsp3) is 0.333. The smallest absolute Gasteiger partial charge is 0.328 e. The maximum atomic E-state index is 11.5. The number of carbonyl (C=O) groups is 2. The number of carbonyl (C=O) groups excluding carboxylic acids is 2. The number of hydrogen-bond acceptors (Lipinski definition) is 6. The Morgan fingerprint density at radius 3 is 2.33 bits per heavy atom. The van der Waals surface area contributed by atoms with E-state index < -0.39 is 18.0 Å². The molecule has 0 radical (unpaired) electrons. The summed E-state index contributed by atoms with van der Waals surface area (Å²) < 4.78 is 9.15. The average molecular weight is 252 g/mol. The van der Waals surface area contributed by atoms with Crippen LogP contribution in [0.15, 0.2) is 24.3 Å². The van der Waals surface area contributed by atoms with Crippen LogP contribution in [0.1, 0.15) is 6.42 Å². The lowest BCUT2D eigenvalue weighted by Crippen LogP contribution is -2.33. The molecule has 1 aromatic carbocycles. The first-order valence-electron chi connectivity index (χ1n) is 5.33. The summed E-state index contributed by atoms with van der Waals surface area (Å²) in [5, 5.41) is 2.89. The van der Waals surface area contributed by atoms with Gasteiger partial charge in [0.15, 0.2) is 0 Å². The van der Waals surface area contributed by atoms with Crippen LogP contribution in [-0.4, -0.2) is 32.2 Å². The number of hydrogen-bond donors (Lipinski definition) is 2. The van der Waals surface area contributed by atoms with Crippen molar-refractivity contribution in [3.05, 3.63) is 24.3 Å². The van der Waals surface area contributed by atoms with Crippen LogP contribution in [0.25, 0.3) is 0 Å². The van der Waals surface area contributed by atoms with Crippen LogP contribution >= 0.6 is 0 Å². The lowest BCUT2D eigenvalue weighted by molar-refractivity contribution is -0.148. The number of rotatable bonds is 5. The quantitative estimate of drug-likeness (QED) is 0.594. The number of benzene rings is 1. The molecule has 0 aliphatic rings.